The van der Waals surface area contributed by atoms with Gasteiger partial charge in [0.15, 0.2) is 6.29 Å². The number of hydrogen-bond donors (Lipinski definition) is 0. The average Bonchev–Trinajstić information content (AvgIpc) is 2.56. The van der Waals surface area contributed by atoms with Crippen molar-refractivity contribution in [1.82, 2.24) is 4.98 Å². The highest BCUT2D eigenvalue weighted by Gasteiger charge is 2.17. The average molecular weight is 344 g/mol. The van der Waals surface area contributed by atoms with Gasteiger partial charge in [-0.25, -0.2) is 4.98 Å². The van der Waals surface area contributed by atoms with Gasteiger partial charge in [-0.3, -0.25) is 0 Å². The number of aromatic nitrogens is 1. The normalized spacial score (nSPS) is 16.6. The summed E-state index contributed by atoms with van der Waals surface area (Å²) < 4.78 is 12.3. The molecule has 0 amide bonds. The maximum absolute atomic E-state index is 5.70. The fourth-order valence-electron chi connectivity index (χ4n) is 2.76. The Labute approximate surface area is 131 Å². The Hall–Kier alpha value is -1.49. The molecule has 0 bridgehead atoms. The molecule has 2 heterocycles. The molecule has 2 aromatic carbocycles. The van der Waals surface area contributed by atoms with Gasteiger partial charge in [-0.1, -0.05) is 30.3 Å². The molecule has 4 heteroatoms. The van der Waals surface area contributed by atoms with Gasteiger partial charge in [0.2, 0.25) is 0 Å². The molecule has 0 N–H and O–H groups in total. The Morgan fingerprint density at radius 1 is 0.952 bits per heavy atom. The largest absolute Gasteiger partial charge is 0.348 e. The van der Waals surface area contributed by atoms with Crippen LogP contribution in [0.25, 0.3) is 21.7 Å². The van der Waals surface area contributed by atoms with E-state index < -0.39 is 0 Å². The van der Waals surface area contributed by atoms with Crippen molar-refractivity contribution in [2.75, 3.05) is 13.2 Å². The van der Waals surface area contributed by atoms with Crippen LogP contribution in [0.1, 0.15) is 18.3 Å². The third-order valence-corrected chi connectivity index (χ3v) is 4.38. The van der Waals surface area contributed by atoms with Crippen molar-refractivity contribution in [3.63, 3.8) is 0 Å². The fraction of sp³-hybridized carbons (Fsp3) is 0.235. The fourth-order valence-corrected chi connectivity index (χ4v) is 3.29. The highest BCUT2D eigenvalue weighted by Crippen LogP contribution is 2.32. The van der Waals surface area contributed by atoms with Crippen molar-refractivity contribution < 1.29 is 9.47 Å². The summed E-state index contributed by atoms with van der Waals surface area (Å²) in [5.74, 6) is 0. The van der Waals surface area contributed by atoms with E-state index in [0.29, 0.717) is 0 Å². The Balaban J connectivity index is 1.93. The molecule has 1 aliphatic heterocycles. The maximum Gasteiger partial charge on any atom is 0.183 e. The highest BCUT2D eigenvalue weighted by atomic mass is 79.9. The number of nitrogens with zero attached hydrogens (tertiary/aromatic N) is 1. The second-order valence-corrected chi connectivity index (χ2v) is 5.90. The zero-order valence-corrected chi connectivity index (χ0v) is 13.0. The smallest absolute Gasteiger partial charge is 0.183 e. The van der Waals surface area contributed by atoms with E-state index in [1.807, 2.05) is 18.2 Å². The second-order valence-electron chi connectivity index (χ2n) is 5.15. The standard InChI is InChI=1S/C17H14BrNO2/c18-16-13-5-2-1-4-12(13)14-10-11(6-7-15(14)19-16)17-20-8-3-9-21-17/h1-2,4-7,10,17H,3,8-9H2. The summed E-state index contributed by atoms with van der Waals surface area (Å²) in [6, 6.07) is 14.5. The van der Waals surface area contributed by atoms with E-state index in [1.165, 1.54) is 5.39 Å². The lowest BCUT2D eigenvalue weighted by atomic mass is 10.0. The minimum Gasteiger partial charge on any atom is -0.348 e. The van der Waals surface area contributed by atoms with Crippen LogP contribution in [0.4, 0.5) is 0 Å². The van der Waals surface area contributed by atoms with Crippen molar-refractivity contribution in [3.8, 4) is 0 Å². The summed E-state index contributed by atoms with van der Waals surface area (Å²) in [6.07, 6.45) is 0.701. The second kappa shape index (κ2) is 5.37. The van der Waals surface area contributed by atoms with Crippen LogP contribution in [-0.2, 0) is 9.47 Å². The monoisotopic (exact) mass is 343 g/mol. The predicted octanol–water partition coefficient (Wildman–Crippen LogP) is 4.59. The molecule has 106 valence electrons. The van der Waals surface area contributed by atoms with Crippen LogP contribution in [0, 0.1) is 0 Å². The third kappa shape index (κ3) is 2.33. The Kier molecular flexibility index (Phi) is 3.37. The summed E-state index contributed by atoms with van der Waals surface area (Å²) in [6.45, 7) is 1.50. The molecule has 21 heavy (non-hydrogen) atoms. The zero-order chi connectivity index (χ0) is 14.2. The molecule has 3 aromatic rings. The van der Waals surface area contributed by atoms with E-state index in [9.17, 15) is 0 Å². The van der Waals surface area contributed by atoms with Crippen LogP contribution in [0.2, 0.25) is 0 Å². The molecular formula is C17H14BrNO2. The minimum absolute atomic E-state index is 0.259. The first kappa shape index (κ1) is 13.2. The van der Waals surface area contributed by atoms with Crippen LogP contribution < -0.4 is 0 Å². The number of rotatable bonds is 1. The molecule has 1 aliphatic rings. The van der Waals surface area contributed by atoms with Gasteiger partial charge in [0.25, 0.3) is 0 Å². The number of benzene rings is 2. The molecule has 0 spiro atoms. The van der Waals surface area contributed by atoms with E-state index in [0.717, 1.165) is 46.1 Å². The van der Waals surface area contributed by atoms with Gasteiger partial charge in [-0.05, 0) is 39.9 Å². The molecule has 1 aromatic heterocycles. The van der Waals surface area contributed by atoms with E-state index in [2.05, 4.69) is 45.2 Å². The molecule has 1 saturated heterocycles. The quantitative estimate of drug-likeness (QED) is 0.478. The number of fused-ring (bicyclic) bond motifs is 3. The van der Waals surface area contributed by atoms with Crippen molar-refractivity contribution in [2.24, 2.45) is 0 Å². The first-order chi connectivity index (χ1) is 10.3. The van der Waals surface area contributed by atoms with Crippen molar-refractivity contribution >= 4 is 37.6 Å². The van der Waals surface area contributed by atoms with E-state index in [-0.39, 0.29) is 6.29 Å². The zero-order valence-electron chi connectivity index (χ0n) is 11.4. The lowest BCUT2D eigenvalue weighted by Gasteiger charge is -2.23. The van der Waals surface area contributed by atoms with Crippen LogP contribution >= 0.6 is 15.9 Å². The van der Waals surface area contributed by atoms with Gasteiger partial charge in [0.05, 0.1) is 18.7 Å². The molecule has 4 rings (SSSR count). The van der Waals surface area contributed by atoms with Crippen LogP contribution in [0.5, 0.6) is 0 Å². The van der Waals surface area contributed by atoms with Crippen LogP contribution in [-0.4, -0.2) is 18.2 Å². The maximum atomic E-state index is 5.70. The summed E-state index contributed by atoms with van der Waals surface area (Å²) in [5, 5.41) is 3.43. The van der Waals surface area contributed by atoms with Gasteiger partial charge in [-0.15, -0.1) is 0 Å². The van der Waals surface area contributed by atoms with Crippen LogP contribution in [0.3, 0.4) is 0 Å². The van der Waals surface area contributed by atoms with Gasteiger partial charge in [-0.2, -0.15) is 0 Å². The number of ether oxygens (including phenoxy) is 2. The van der Waals surface area contributed by atoms with Crippen LogP contribution in [0.15, 0.2) is 47.1 Å². The van der Waals surface area contributed by atoms with Gasteiger partial charge in [0, 0.05) is 16.3 Å². The van der Waals surface area contributed by atoms with Crippen molar-refractivity contribution in [3.05, 3.63) is 52.6 Å². The molecule has 3 nitrogen and oxygen atoms in total. The molecule has 0 aliphatic carbocycles. The molecule has 0 unspecified atom stereocenters. The lowest BCUT2D eigenvalue weighted by Crippen LogP contribution is -2.17. The number of hydrogen-bond acceptors (Lipinski definition) is 3. The van der Waals surface area contributed by atoms with Gasteiger partial charge in [0.1, 0.15) is 4.60 Å². The van der Waals surface area contributed by atoms with Gasteiger partial charge >= 0.3 is 0 Å². The van der Waals surface area contributed by atoms with Crippen molar-refractivity contribution in [2.45, 2.75) is 12.7 Å². The lowest BCUT2D eigenvalue weighted by molar-refractivity contribution is -0.182. The van der Waals surface area contributed by atoms with Crippen molar-refractivity contribution in [1.29, 1.82) is 0 Å². The summed E-state index contributed by atoms with van der Waals surface area (Å²) in [4.78, 5) is 4.63. The molecule has 0 saturated carbocycles. The third-order valence-electron chi connectivity index (χ3n) is 3.78. The molecular weight excluding hydrogens is 330 g/mol. The van der Waals surface area contributed by atoms with E-state index in [4.69, 9.17) is 9.47 Å². The Morgan fingerprint density at radius 2 is 1.71 bits per heavy atom. The molecule has 0 atom stereocenters. The summed E-state index contributed by atoms with van der Waals surface area (Å²) in [7, 11) is 0. The minimum atomic E-state index is -0.259. The highest BCUT2D eigenvalue weighted by molar-refractivity contribution is 9.10. The topological polar surface area (TPSA) is 31.4 Å². The first-order valence-corrected chi connectivity index (χ1v) is 7.83. The molecule has 0 radical (unpaired) electrons. The summed E-state index contributed by atoms with van der Waals surface area (Å²) >= 11 is 3.55. The van der Waals surface area contributed by atoms with E-state index in [1.54, 1.807) is 0 Å². The number of pyridine rings is 1. The molecule has 1 fully saturated rings. The Bertz CT molecular complexity index is 812. The summed E-state index contributed by atoms with van der Waals surface area (Å²) in [5.41, 5.74) is 2.02. The predicted molar refractivity (Wildman–Crippen MR) is 86.2 cm³/mol. The SMILES string of the molecule is Brc1nc2ccc(C3OCCCO3)cc2c2ccccc12. The number of halogens is 1. The first-order valence-electron chi connectivity index (χ1n) is 7.04. The van der Waals surface area contributed by atoms with Gasteiger partial charge < -0.3 is 9.47 Å². The Morgan fingerprint density at radius 3 is 2.52 bits per heavy atom. The van der Waals surface area contributed by atoms with E-state index >= 15 is 0 Å².